The second kappa shape index (κ2) is 5.88. The van der Waals surface area contributed by atoms with Crippen molar-refractivity contribution >= 4 is 21.4 Å². The molecule has 8 heteroatoms. The van der Waals surface area contributed by atoms with E-state index in [0.29, 0.717) is 30.4 Å². The first-order chi connectivity index (χ1) is 10.1. The van der Waals surface area contributed by atoms with Gasteiger partial charge in [0.15, 0.2) is 0 Å². The Morgan fingerprint density at radius 2 is 2.24 bits per heavy atom. The van der Waals surface area contributed by atoms with Crippen molar-refractivity contribution in [3.63, 3.8) is 0 Å². The average Bonchev–Trinajstić information content (AvgIpc) is 3.13. The number of nitrogens with one attached hydrogen (secondary N) is 1. The average molecular weight is 326 g/mol. The molecule has 0 amide bonds. The SMILES string of the molecule is CCNCc1ccc(S(=O)(=O)N2CCn3ccnc3C2)s1. The van der Waals surface area contributed by atoms with Crippen LogP contribution in [-0.2, 0) is 29.7 Å². The number of hydrogen-bond donors (Lipinski definition) is 1. The summed E-state index contributed by atoms with van der Waals surface area (Å²) in [4.78, 5) is 5.25. The van der Waals surface area contributed by atoms with Crippen LogP contribution in [0, 0.1) is 0 Å². The van der Waals surface area contributed by atoms with E-state index in [2.05, 4.69) is 10.3 Å². The largest absolute Gasteiger partial charge is 0.333 e. The van der Waals surface area contributed by atoms with Crippen LogP contribution in [0.3, 0.4) is 0 Å². The van der Waals surface area contributed by atoms with Crippen molar-refractivity contribution in [3.05, 3.63) is 35.2 Å². The van der Waals surface area contributed by atoms with Crippen LogP contribution >= 0.6 is 11.3 Å². The van der Waals surface area contributed by atoms with Gasteiger partial charge in [-0.25, -0.2) is 13.4 Å². The molecule has 0 atom stereocenters. The monoisotopic (exact) mass is 326 g/mol. The maximum Gasteiger partial charge on any atom is 0.253 e. The van der Waals surface area contributed by atoms with Crippen molar-refractivity contribution < 1.29 is 8.42 Å². The lowest BCUT2D eigenvalue weighted by Crippen LogP contribution is -2.37. The lowest BCUT2D eigenvalue weighted by Gasteiger charge is -2.26. The van der Waals surface area contributed by atoms with Gasteiger partial charge in [-0.15, -0.1) is 11.3 Å². The molecule has 6 nitrogen and oxygen atoms in total. The Morgan fingerprint density at radius 1 is 1.38 bits per heavy atom. The lowest BCUT2D eigenvalue weighted by molar-refractivity contribution is 0.336. The second-order valence-electron chi connectivity index (χ2n) is 4.88. The van der Waals surface area contributed by atoms with Crippen LogP contribution in [0.15, 0.2) is 28.7 Å². The van der Waals surface area contributed by atoms with Gasteiger partial charge < -0.3 is 9.88 Å². The van der Waals surface area contributed by atoms with Gasteiger partial charge in [0.25, 0.3) is 10.0 Å². The molecule has 21 heavy (non-hydrogen) atoms. The molecule has 3 rings (SSSR count). The lowest BCUT2D eigenvalue weighted by atomic mass is 10.4. The molecule has 1 N–H and O–H groups in total. The zero-order valence-electron chi connectivity index (χ0n) is 11.8. The summed E-state index contributed by atoms with van der Waals surface area (Å²) in [7, 11) is -3.42. The summed E-state index contributed by atoms with van der Waals surface area (Å²) in [6, 6.07) is 3.58. The van der Waals surface area contributed by atoms with Crippen molar-refractivity contribution in [3.8, 4) is 0 Å². The summed E-state index contributed by atoms with van der Waals surface area (Å²) < 4.78 is 29.3. The van der Waals surface area contributed by atoms with E-state index in [4.69, 9.17) is 0 Å². The quantitative estimate of drug-likeness (QED) is 0.898. The summed E-state index contributed by atoms with van der Waals surface area (Å²) in [5.74, 6) is 0.800. The number of rotatable bonds is 5. The van der Waals surface area contributed by atoms with E-state index < -0.39 is 10.0 Å². The Bertz CT molecular complexity index is 720. The minimum atomic E-state index is -3.42. The Morgan fingerprint density at radius 3 is 3.05 bits per heavy atom. The van der Waals surface area contributed by atoms with Gasteiger partial charge in [-0.05, 0) is 18.7 Å². The molecule has 0 unspecified atom stereocenters. The van der Waals surface area contributed by atoms with Crippen molar-refractivity contribution in [2.45, 2.75) is 30.8 Å². The minimum absolute atomic E-state index is 0.343. The molecule has 0 saturated carbocycles. The first kappa shape index (κ1) is 14.7. The predicted octanol–water partition coefficient (Wildman–Crippen LogP) is 1.26. The molecule has 0 saturated heterocycles. The zero-order chi connectivity index (χ0) is 14.9. The Hall–Kier alpha value is -1.22. The molecule has 3 heterocycles. The van der Waals surface area contributed by atoms with E-state index >= 15 is 0 Å². The summed E-state index contributed by atoms with van der Waals surface area (Å²) >= 11 is 1.34. The van der Waals surface area contributed by atoms with E-state index in [1.165, 1.54) is 15.6 Å². The van der Waals surface area contributed by atoms with E-state index in [9.17, 15) is 8.42 Å². The number of nitrogens with zero attached hydrogens (tertiary/aromatic N) is 3. The molecule has 2 aromatic heterocycles. The Labute approximate surface area is 128 Å². The number of imidazole rings is 1. The molecule has 0 fully saturated rings. The fraction of sp³-hybridized carbons (Fsp3) is 0.462. The van der Waals surface area contributed by atoms with Gasteiger partial charge in [0.1, 0.15) is 10.0 Å². The molecule has 0 radical (unpaired) electrons. The van der Waals surface area contributed by atoms with E-state index in [1.54, 1.807) is 12.3 Å². The third-order valence-electron chi connectivity index (χ3n) is 3.49. The number of sulfonamides is 1. The van der Waals surface area contributed by atoms with E-state index in [1.807, 2.05) is 23.8 Å². The van der Waals surface area contributed by atoms with Crippen LogP contribution in [0.1, 0.15) is 17.6 Å². The highest BCUT2D eigenvalue weighted by Gasteiger charge is 2.29. The second-order valence-corrected chi connectivity index (χ2v) is 8.21. The highest BCUT2D eigenvalue weighted by Crippen LogP contribution is 2.27. The first-order valence-electron chi connectivity index (χ1n) is 6.91. The highest BCUT2D eigenvalue weighted by molar-refractivity contribution is 7.91. The van der Waals surface area contributed by atoms with Crippen molar-refractivity contribution in [1.82, 2.24) is 19.2 Å². The molecule has 0 aliphatic carbocycles. The summed E-state index contributed by atoms with van der Waals surface area (Å²) in [6.45, 7) is 5.10. The van der Waals surface area contributed by atoms with Gasteiger partial charge >= 0.3 is 0 Å². The van der Waals surface area contributed by atoms with Gasteiger partial charge in [-0.2, -0.15) is 4.31 Å². The van der Waals surface area contributed by atoms with Crippen molar-refractivity contribution in [1.29, 1.82) is 0 Å². The number of hydrogen-bond acceptors (Lipinski definition) is 5. The number of fused-ring (bicyclic) bond motifs is 1. The highest BCUT2D eigenvalue weighted by atomic mass is 32.2. The third-order valence-corrected chi connectivity index (χ3v) is 6.89. The van der Waals surface area contributed by atoms with Gasteiger partial charge in [0, 0.05) is 36.9 Å². The molecular weight excluding hydrogens is 308 g/mol. The van der Waals surface area contributed by atoms with Crippen LogP contribution in [0.4, 0.5) is 0 Å². The van der Waals surface area contributed by atoms with E-state index in [0.717, 1.165) is 17.2 Å². The van der Waals surface area contributed by atoms with Gasteiger partial charge in [-0.3, -0.25) is 0 Å². The van der Waals surface area contributed by atoms with E-state index in [-0.39, 0.29) is 0 Å². The fourth-order valence-corrected chi connectivity index (χ4v) is 5.19. The van der Waals surface area contributed by atoms with Gasteiger partial charge in [-0.1, -0.05) is 6.92 Å². The summed E-state index contributed by atoms with van der Waals surface area (Å²) in [5.41, 5.74) is 0. The molecule has 0 aromatic carbocycles. The van der Waals surface area contributed by atoms with Crippen molar-refractivity contribution in [2.24, 2.45) is 0 Å². The van der Waals surface area contributed by atoms with Crippen LogP contribution in [0.2, 0.25) is 0 Å². The minimum Gasteiger partial charge on any atom is -0.333 e. The normalized spacial score (nSPS) is 16.0. The molecule has 0 spiro atoms. The third kappa shape index (κ3) is 2.89. The number of thiophene rings is 1. The smallest absolute Gasteiger partial charge is 0.253 e. The molecular formula is C13H18N4O2S2. The Kier molecular flexibility index (Phi) is 4.12. The molecule has 2 aromatic rings. The van der Waals surface area contributed by atoms with Crippen LogP contribution in [-0.4, -0.2) is 35.4 Å². The number of aromatic nitrogens is 2. The van der Waals surface area contributed by atoms with Gasteiger partial charge in [0.05, 0.1) is 6.54 Å². The van der Waals surface area contributed by atoms with Gasteiger partial charge in [0.2, 0.25) is 0 Å². The Balaban J connectivity index is 1.79. The first-order valence-corrected chi connectivity index (χ1v) is 9.16. The fourth-order valence-electron chi connectivity index (χ4n) is 2.32. The molecule has 114 valence electrons. The summed E-state index contributed by atoms with van der Waals surface area (Å²) in [5, 5.41) is 3.21. The maximum absolute atomic E-state index is 12.7. The predicted molar refractivity (Wildman–Crippen MR) is 81.5 cm³/mol. The maximum atomic E-state index is 12.7. The topological polar surface area (TPSA) is 67.2 Å². The zero-order valence-corrected chi connectivity index (χ0v) is 13.5. The van der Waals surface area contributed by atoms with Crippen molar-refractivity contribution in [2.75, 3.05) is 13.1 Å². The van der Waals surface area contributed by atoms with Crippen LogP contribution in [0.25, 0.3) is 0 Å². The van der Waals surface area contributed by atoms with Crippen LogP contribution in [0.5, 0.6) is 0 Å². The molecule has 1 aliphatic rings. The molecule has 0 bridgehead atoms. The standard InChI is InChI=1S/C13H18N4O2S2/c1-2-14-9-11-3-4-13(20-11)21(18,19)17-8-7-16-6-5-15-12(16)10-17/h3-6,14H,2,7-10H2,1H3. The van der Waals surface area contributed by atoms with Crippen LogP contribution < -0.4 is 5.32 Å². The molecule has 1 aliphatic heterocycles. The summed E-state index contributed by atoms with van der Waals surface area (Å²) in [6.07, 6.45) is 3.60.